The number of carbonyl (C=O) groups excluding carboxylic acids is 1. The zero-order chi connectivity index (χ0) is 16.9. The number of hydrogen-bond donors (Lipinski definition) is 1. The standard InChI is InChI=1S/C17H26N2O4/c1-17(2,3)23-11-10-22-15-5-4-13(12-18-15)16(21)19-8-6-14(20)7-9-19/h4-5,12,14,20H,6-11H2,1-3H3. The van der Waals surface area contributed by atoms with Gasteiger partial charge in [0, 0.05) is 25.4 Å². The van der Waals surface area contributed by atoms with Crippen LogP contribution in [0.15, 0.2) is 18.3 Å². The fraction of sp³-hybridized carbons (Fsp3) is 0.647. The summed E-state index contributed by atoms with van der Waals surface area (Å²) in [5.41, 5.74) is 0.356. The summed E-state index contributed by atoms with van der Waals surface area (Å²) in [6.07, 6.45) is 2.51. The molecule has 0 saturated carbocycles. The van der Waals surface area contributed by atoms with Crippen LogP contribution in [0.2, 0.25) is 0 Å². The molecule has 0 unspecified atom stereocenters. The monoisotopic (exact) mass is 322 g/mol. The largest absolute Gasteiger partial charge is 0.475 e. The van der Waals surface area contributed by atoms with E-state index in [-0.39, 0.29) is 17.6 Å². The second kappa shape index (κ2) is 7.75. The minimum Gasteiger partial charge on any atom is -0.475 e. The minimum atomic E-state index is -0.289. The maximum atomic E-state index is 12.3. The maximum absolute atomic E-state index is 12.3. The zero-order valence-electron chi connectivity index (χ0n) is 14.1. The molecule has 1 aliphatic rings. The molecule has 6 nitrogen and oxygen atoms in total. The van der Waals surface area contributed by atoms with Gasteiger partial charge in [0.2, 0.25) is 5.88 Å². The number of hydrogen-bond acceptors (Lipinski definition) is 5. The molecule has 1 aliphatic heterocycles. The molecule has 2 heterocycles. The molecule has 0 aromatic carbocycles. The van der Waals surface area contributed by atoms with Gasteiger partial charge < -0.3 is 19.5 Å². The van der Waals surface area contributed by atoms with Gasteiger partial charge in [-0.3, -0.25) is 4.79 Å². The molecule has 1 amide bonds. The molecule has 2 rings (SSSR count). The lowest BCUT2D eigenvalue weighted by Crippen LogP contribution is -2.40. The minimum absolute atomic E-state index is 0.0491. The van der Waals surface area contributed by atoms with Gasteiger partial charge >= 0.3 is 0 Å². The van der Waals surface area contributed by atoms with E-state index in [4.69, 9.17) is 9.47 Å². The van der Waals surface area contributed by atoms with Crippen molar-refractivity contribution in [3.05, 3.63) is 23.9 Å². The second-order valence-electron chi connectivity index (χ2n) is 6.72. The molecule has 1 N–H and O–H groups in total. The number of aliphatic hydroxyl groups excluding tert-OH is 1. The quantitative estimate of drug-likeness (QED) is 0.838. The van der Waals surface area contributed by atoms with E-state index in [0.29, 0.717) is 50.6 Å². The lowest BCUT2D eigenvalue weighted by molar-refractivity contribution is -0.0168. The van der Waals surface area contributed by atoms with Crippen LogP contribution in [0.25, 0.3) is 0 Å². The first-order chi connectivity index (χ1) is 10.8. The molecule has 0 aliphatic carbocycles. The van der Waals surface area contributed by atoms with Crippen LogP contribution in [0.5, 0.6) is 5.88 Å². The van der Waals surface area contributed by atoms with Crippen molar-refractivity contribution in [1.29, 1.82) is 0 Å². The molecule has 0 radical (unpaired) electrons. The van der Waals surface area contributed by atoms with E-state index in [1.807, 2.05) is 20.8 Å². The van der Waals surface area contributed by atoms with E-state index in [1.54, 1.807) is 17.0 Å². The van der Waals surface area contributed by atoms with Crippen LogP contribution in [0.1, 0.15) is 44.0 Å². The predicted octanol–water partition coefficient (Wildman–Crippen LogP) is 1.87. The Labute approximate surface area is 137 Å². The molecule has 23 heavy (non-hydrogen) atoms. The number of aromatic nitrogens is 1. The first kappa shape index (κ1) is 17.7. The highest BCUT2D eigenvalue weighted by Gasteiger charge is 2.22. The Kier molecular flexibility index (Phi) is 5.96. The molecule has 0 bridgehead atoms. The van der Waals surface area contributed by atoms with E-state index >= 15 is 0 Å². The number of rotatable bonds is 5. The zero-order valence-corrected chi connectivity index (χ0v) is 14.1. The first-order valence-electron chi connectivity index (χ1n) is 8.05. The van der Waals surface area contributed by atoms with E-state index in [2.05, 4.69) is 4.98 Å². The molecule has 6 heteroatoms. The summed E-state index contributed by atoms with van der Waals surface area (Å²) < 4.78 is 11.1. The predicted molar refractivity (Wildman–Crippen MR) is 86.6 cm³/mol. The third-order valence-electron chi connectivity index (χ3n) is 3.60. The van der Waals surface area contributed by atoms with E-state index in [1.165, 1.54) is 6.20 Å². The number of likely N-dealkylation sites (tertiary alicyclic amines) is 1. The third kappa shape index (κ3) is 5.80. The summed E-state index contributed by atoms with van der Waals surface area (Å²) in [4.78, 5) is 18.3. The highest BCUT2D eigenvalue weighted by Crippen LogP contribution is 2.15. The fourth-order valence-corrected chi connectivity index (χ4v) is 2.34. The topological polar surface area (TPSA) is 71.9 Å². The van der Waals surface area contributed by atoms with Gasteiger partial charge in [-0.2, -0.15) is 0 Å². The summed E-state index contributed by atoms with van der Waals surface area (Å²) in [5, 5.41) is 9.49. The average Bonchev–Trinajstić information content (AvgIpc) is 2.51. The Morgan fingerprint density at radius 3 is 2.57 bits per heavy atom. The van der Waals surface area contributed by atoms with Gasteiger partial charge in [-0.15, -0.1) is 0 Å². The second-order valence-corrected chi connectivity index (χ2v) is 6.72. The van der Waals surface area contributed by atoms with Crippen LogP contribution < -0.4 is 4.74 Å². The average molecular weight is 322 g/mol. The molecule has 128 valence electrons. The Morgan fingerprint density at radius 1 is 1.30 bits per heavy atom. The highest BCUT2D eigenvalue weighted by molar-refractivity contribution is 5.94. The number of carbonyl (C=O) groups is 1. The Bertz CT molecular complexity index is 502. The lowest BCUT2D eigenvalue weighted by Gasteiger charge is -2.29. The van der Waals surface area contributed by atoms with Crippen LogP contribution in [0, 0.1) is 0 Å². The number of amides is 1. The van der Waals surface area contributed by atoms with Crippen molar-refractivity contribution < 1.29 is 19.4 Å². The van der Waals surface area contributed by atoms with Gasteiger partial charge in [0.05, 0.1) is 23.9 Å². The van der Waals surface area contributed by atoms with Crippen molar-refractivity contribution in [2.24, 2.45) is 0 Å². The normalized spacial score (nSPS) is 16.4. The van der Waals surface area contributed by atoms with Crippen LogP contribution in [-0.2, 0) is 4.74 Å². The van der Waals surface area contributed by atoms with Gasteiger partial charge in [0.1, 0.15) is 6.61 Å². The summed E-state index contributed by atoms with van der Waals surface area (Å²) in [6, 6.07) is 3.42. The molecule has 1 saturated heterocycles. The Morgan fingerprint density at radius 2 is 2.00 bits per heavy atom. The molecule has 1 aromatic heterocycles. The van der Waals surface area contributed by atoms with E-state index in [9.17, 15) is 9.90 Å². The number of aliphatic hydroxyl groups is 1. The highest BCUT2D eigenvalue weighted by atomic mass is 16.5. The van der Waals surface area contributed by atoms with Crippen molar-refractivity contribution in [2.75, 3.05) is 26.3 Å². The SMILES string of the molecule is CC(C)(C)OCCOc1ccc(C(=O)N2CCC(O)CC2)cn1. The van der Waals surface area contributed by atoms with Crippen LogP contribution in [0.3, 0.4) is 0 Å². The number of pyridine rings is 1. The molecule has 0 atom stereocenters. The molecule has 1 aromatic rings. The summed E-state index contributed by atoms with van der Waals surface area (Å²) in [6.45, 7) is 8.05. The lowest BCUT2D eigenvalue weighted by atomic mass is 10.1. The molecule has 0 spiro atoms. The van der Waals surface area contributed by atoms with Crippen molar-refractivity contribution in [3.8, 4) is 5.88 Å². The molecular weight excluding hydrogens is 296 g/mol. The Balaban J connectivity index is 1.81. The summed E-state index contributed by atoms with van der Waals surface area (Å²) in [7, 11) is 0. The van der Waals surface area contributed by atoms with Crippen molar-refractivity contribution in [1.82, 2.24) is 9.88 Å². The van der Waals surface area contributed by atoms with Gasteiger partial charge in [-0.25, -0.2) is 4.98 Å². The van der Waals surface area contributed by atoms with Gasteiger partial charge in [0.15, 0.2) is 0 Å². The van der Waals surface area contributed by atoms with Crippen molar-refractivity contribution >= 4 is 5.91 Å². The number of ether oxygens (including phenoxy) is 2. The third-order valence-corrected chi connectivity index (χ3v) is 3.60. The van der Waals surface area contributed by atoms with Gasteiger partial charge in [-0.05, 0) is 39.7 Å². The van der Waals surface area contributed by atoms with Crippen LogP contribution >= 0.6 is 0 Å². The summed E-state index contributed by atoms with van der Waals surface area (Å²) >= 11 is 0. The van der Waals surface area contributed by atoms with Crippen molar-refractivity contribution in [3.63, 3.8) is 0 Å². The van der Waals surface area contributed by atoms with Gasteiger partial charge in [-0.1, -0.05) is 0 Å². The molecular formula is C17H26N2O4. The maximum Gasteiger partial charge on any atom is 0.255 e. The fourth-order valence-electron chi connectivity index (χ4n) is 2.34. The number of nitrogens with zero attached hydrogens (tertiary/aromatic N) is 2. The van der Waals surface area contributed by atoms with Crippen LogP contribution in [-0.4, -0.2) is 58.9 Å². The van der Waals surface area contributed by atoms with Crippen LogP contribution in [0.4, 0.5) is 0 Å². The summed E-state index contributed by atoms with van der Waals surface area (Å²) in [5.74, 6) is 0.431. The van der Waals surface area contributed by atoms with Gasteiger partial charge in [0.25, 0.3) is 5.91 Å². The smallest absolute Gasteiger partial charge is 0.255 e. The van der Waals surface area contributed by atoms with Crippen molar-refractivity contribution in [2.45, 2.75) is 45.3 Å². The molecule has 1 fully saturated rings. The van der Waals surface area contributed by atoms with E-state index in [0.717, 1.165) is 0 Å². The number of piperidine rings is 1. The van der Waals surface area contributed by atoms with E-state index < -0.39 is 0 Å². The first-order valence-corrected chi connectivity index (χ1v) is 8.05. The Hall–Kier alpha value is -1.66.